The van der Waals surface area contributed by atoms with E-state index in [9.17, 15) is 9.59 Å². The lowest BCUT2D eigenvalue weighted by atomic mass is 9.90. The molecular formula is C22H40N4O4S. The first-order valence-electron chi connectivity index (χ1n) is 11.2. The maximum Gasteiger partial charge on any atom is 0.252 e. The van der Waals surface area contributed by atoms with Crippen LogP contribution in [0.3, 0.4) is 0 Å². The topological polar surface area (TPSA) is 106 Å². The molecule has 2 amide bonds. The van der Waals surface area contributed by atoms with Crippen LogP contribution in [0.1, 0.15) is 59.8 Å². The zero-order chi connectivity index (χ0) is 23.1. The molecule has 4 N–H and O–H groups in total. The van der Waals surface area contributed by atoms with Gasteiger partial charge in [0.05, 0.1) is 12.1 Å². The molecule has 0 spiro atoms. The summed E-state index contributed by atoms with van der Waals surface area (Å²) in [5.41, 5.74) is 5.23. The first-order valence-corrected chi connectivity index (χ1v) is 12.4. The van der Waals surface area contributed by atoms with Crippen molar-refractivity contribution in [3.05, 3.63) is 11.8 Å². The molecule has 2 rings (SSSR count). The summed E-state index contributed by atoms with van der Waals surface area (Å²) in [6.07, 6.45) is 8.06. The summed E-state index contributed by atoms with van der Waals surface area (Å²) in [6, 6.07) is 0.456. The number of carbonyl (C=O) groups is 2. The van der Waals surface area contributed by atoms with E-state index in [2.05, 4.69) is 14.9 Å². The molecule has 0 radical (unpaired) electrons. The second kappa shape index (κ2) is 11.7. The Morgan fingerprint density at radius 1 is 1.19 bits per heavy atom. The van der Waals surface area contributed by atoms with Gasteiger partial charge in [0.2, 0.25) is 5.91 Å². The molecule has 1 atom stereocenters. The van der Waals surface area contributed by atoms with Crippen molar-refractivity contribution in [3.8, 4) is 0 Å². The normalized spacial score (nSPS) is 22.4. The average molecular weight is 457 g/mol. The third-order valence-corrected chi connectivity index (χ3v) is 6.77. The van der Waals surface area contributed by atoms with Gasteiger partial charge in [0.25, 0.3) is 5.91 Å². The summed E-state index contributed by atoms with van der Waals surface area (Å²) in [5.74, 6) is -0.820. The van der Waals surface area contributed by atoms with Gasteiger partial charge >= 0.3 is 0 Å². The predicted octanol–water partition coefficient (Wildman–Crippen LogP) is 2.15. The summed E-state index contributed by atoms with van der Waals surface area (Å²) < 4.78 is 14.8. The van der Waals surface area contributed by atoms with Crippen molar-refractivity contribution in [2.75, 3.05) is 32.6 Å². The molecule has 2 aliphatic rings. The van der Waals surface area contributed by atoms with Gasteiger partial charge < -0.3 is 15.2 Å². The van der Waals surface area contributed by atoms with E-state index >= 15 is 0 Å². The highest BCUT2D eigenvalue weighted by molar-refractivity contribution is 7.96. The highest BCUT2D eigenvalue weighted by Gasteiger charge is 2.37. The number of likely N-dealkylation sites (tertiary alicyclic amines) is 1. The molecular weight excluding hydrogens is 416 g/mol. The first-order chi connectivity index (χ1) is 14.6. The fourth-order valence-electron chi connectivity index (χ4n) is 3.73. The Balaban J connectivity index is 1.87. The van der Waals surface area contributed by atoms with E-state index in [1.807, 2.05) is 34.0 Å². The number of carbonyl (C=O) groups excluding carboxylic acids is 2. The number of nitrogens with zero attached hydrogens (tertiary/aromatic N) is 1. The lowest BCUT2D eigenvalue weighted by molar-refractivity contribution is -0.173. The van der Waals surface area contributed by atoms with Crippen molar-refractivity contribution in [2.45, 2.75) is 77.7 Å². The molecule has 8 nitrogen and oxygen atoms in total. The van der Waals surface area contributed by atoms with Crippen LogP contribution in [0.4, 0.5) is 0 Å². The fourth-order valence-corrected chi connectivity index (χ4v) is 4.30. The number of rotatable bonds is 9. The van der Waals surface area contributed by atoms with Crippen molar-refractivity contribution in [1.29, 1.82) is 0 Å². The molecule has 0 aromatic heterocycles. The zero-order valence-corrected chi connectivity index (χ0v) is 20.5. The van der Waals surface area contributed by atoms with Crippen molar-refractivity contribution >= 4 is 23.8 Å². The third-order valence-electron chi connectivity index (χ3n) is 6.20. The largest absolute Gasteiger partial charge is 0.401 e. The highest BCUT2D eigenvalue weighted by atomic mass is 32.2. The van der Waals surface area contributed by atoms with Crippen LogP contribution in [0.25, 0.3) is 0 Å². The minimum Gasteiger partial charge on any atom is -0.401 e. The highest BCUT2D eigenvalue weighted by Crippen LogP contribution is 2.25. The molecule has 9 heteroatoms. The number of amides is 2. The first kappa shape index (κ1) is 26.1. The standard InChI is InChI=1S/C22H40N4O4S/c1-21(2,15-30-19-8-6-7-13-29-19)17(23)14-18(27)24-20(28)22(3,4)26-11-9-16(10-12-26)25-31-5/h14,16,19,25H,6-13,15,23H2,1-5H3,(H,24,27,28). The van der Waals surface area contributed by atoms with Crippen LogP contribution in [0, 0.1) is 5.41 Å². The van der Waals surface area contributed by atoms with Gasteiger partial charge in [0.15, 0.2) is 6.29 Å². The maximum absolute atomic E-state index is 12.8. The summed E-state index contributed by atoms with van der Waals surface area (Å²) in [4.78, 5) is 27.5. The number of nitrogens with two attached hydrogens (primary N) is 1. The van der Waals surface area contributed by atoms with Gasteiger partial charge in [-0.15, -0.1) is 0 Å². The van der Waals surface area contributed by atoms with E-state index in [-0.39, 0.29) is 12.2 Å². The van der Waals surface area contributed by atoms with Gasteiger partial charge in [-0.1, -0.05) is 25.8 Å². The van der Waals surface area contributed by atoms with Crippen molar-refractivity contribution < 1.29 is 19.1 Å². The fraction of sp³-hybridized carbons (Fsp3) is 0.818. The average Bonchev–Trinajstić information content (AvgIpc) is 2.73. The molecule has 0 saturated carbocycles. The molecule has 31 heavy (non-hydrogen) atoms. The number of hydrogen-bond acceptors (Lipinski definition) is 8. The van der Waals surface area contributed by atoms with E-state index in [0.717, 1.165) is 45.2 Å². The van der Waals surface area contributed by atoms with Crippen molar-refractivity contribution in [2.24, 2.45) is 11.1 Å². The Hall–Kier alpha value is -1.13. The molecule has 0 aliphatic carbocycles. The lowest BCUT2D eigenvalue weighted by Crippen LogP contribution is -2.58. The molecule has 2 heterocycles. The molecule has 0 bridgehead atoms. The van der Waals surface area contributed by atoms with E-state index in [0.29, 0.717) is 25.0 Å². The van der Waals surface area contributed by atoms with Gasteiger partial charge in [-0.3, -0.25) is 24.5 Å². The predicted molar refractivity (Wildman–Crippen MR) is 124 cm³/mol. The van der Waals surface area contributed by atoms with Crippen LogP contribution in [0.15, 0.2) is 11.8 Å². The summed E-state index contributed by atoms with van der Waals surface area (Å²) >= 11 is 1.62. The third kappa shape index (κ3) is 7.75. The molecule has 0 aromatic carbocycles. The second-order valence-electron chi connectivity index (χ2n) is 9.55. The smallest absolute Gasteiger partial charge is 0.252 e. The summed E-state index contributed by atoms with van der Waals surface area (Å²) in [6.45, 7) is 10.2. The van der Waals surface area contributed by atoms with E-state index in [1.165, 1.54) is 6.08 Å². The van der Waals surface area contributed by atoms with Crippen molar-refractivity contribution in [3.63, 3.8) is 0 Å². The van der Waals surface area contributed by atoms with Crippen molar-refractivity contribution in [1.82, 2.24) is 14.9 Å². The Morgan fingerprint density at radius 2 is 1.87 bits per heavy atom. The van der Waals surface area contributed by atoms with Crippen LogP contribution in [-0.4, -0.2) is 67.1 Å². The molecule has 1 unspecified atom stereocenters. The molecule has 0 aromatic rings. The minimum absolute atomic E-state index is 0.215. The lowest BCUT2D eigenvalue weighted by Gasteiger charge is -2.41. The van der Waals surface area contributed by atoms with E-state index < -0.39 is 16.9 Å². The Morgan fingerprint density at radius 3 is 2.45 bits per heavy atom. The van der Waals surface area contributed by atoms with Crippen LogP contribution >= 0.6 is 11.9 Å². The van der Waals surface area contributed by atoms with Gasteiger partial charge in [0.1, 0.15) is 0 Å². The zero-order valence-electron chi connectivity index (χ0n) is 19.7. The molecule has 2 fully saturated rings. The van der Waals surface area contributed by atoms with E-state index in [4.69, 9.17) is 15.2 Å². The van der Waals surface area contributed by atoms with Gasteiger partial charge in [0, 0.05) is 42.9 Å². The van der Waals surface area contributed by atoms with Gasteiger partial charge in [-0.2, -0.15) is 0 Å². The SMILES string of the molecule is CSNC1CCN(C(C)(C)C(=O)NC(=O)C=C(N)C(C)(C)COC2CCCCO2)CC1. The summed E-state index contributed by atoms with van der Waals surface area (Å²) in [5, 5.41) is 2.50. The Labute approximate surface area is 191 Å². The molecule has 2 aliphatic heterocycles. The quantitative estimate of drug-likeness (QED) is 0.358. The van der Waals surface area contributed by atoms with Gasteiger partial charge in [-0.25, -0.2) is 0 Å². The number of nitrogens with one attached hydrogen (secondary N) is 2. The maximum atomic E-state index is 12.8. The Bertz CT molecular complexity index is 639. The van der Waals surface area contributed by atoms with Crippen LogP contribution in [0.2, 0.25) is 0 Å². The second-order valence-corrected chi connectivity index (χ2v) is 10.2. The monoisotopic (exact) mass is 456 g/mol. The Kier molecular flexibility index (Phi) is 9.82. The number of hydrogen-bond donors (Lipinski definition) is 3. The van der Waals surface area contributed by atoms with Crippen LogP contribution in [-0.2, 0) is 19.1 Å². The minimum atomic E-state index is -0.778. The molecule has 2 saturated heterocycles. The summed E-state index contributed by atoms with van der Waals surface area (Å²) in [7, 11) is 0. The van der Waals surface area contributed by atoms with E-state index in [1.54, 1.807) is 11.9 Å². The van der Waals surface area contributed by atoms with Crippen LogP contribution in [0.5, 0.6) is 0 Å². The number of imide groups is 1. The van der Waals surface area contributed by atoms with Gasteiger partial charge in [-0.05, 0) is 52.2 Å². The van der Waals surface area contributed by atoms with Crippen LogP contribution < -0.4 is 15.8 Å². The molecule has 178 valence electrons. The number of piperidine rings is 1. The number of ether oxygens (including phenoxy) is 2.